The number of hydrogen-bond acceptors (Lipinski definition) is 0. The molecule has 0 N–H and O–H groups in total. The molecule has 0 radical (unpaired) electrons. The standard InChI is InChI=1S/C7H7ClF4S.C7H7F5S.2FH.Zn/c2*1-6-2-4-7(5-3-6)13(8,9,10,11)12;;;/h2*2-5H,1H3;2*1H;/q;;;;+2/p-2. The Kier molecular flexibility index (Phi) is 7.27. The SMILES string of the molecule is Cc1ccc(S(F)(F)(F)(F)Cl)cc1.Cc1ccc(S(F)(F)(F)(F)F)cc1.[F][Zn][F]. The maximum atomic E-state index is 12.5. The molecular weight excluding hydrogens is 542 g/mol. The van der Waals surface area contributed by atoms with Crippen molar-refractivity contribution in [3.63, 3.8) is 0 Å². The molecule has 2 aromatic carbocycles. The van der Waals surface area contributed by atoms with Crippen molar-refractivity contribution in [2.75, 3.05) is 0 Å². The van der Waals surface area contributed by atoms with Gasteiger partial charge in [0.05, 0.1) is 4.90 Å². The van der Waals surface area contributed by atoms with E-state index in [0.717, 1.165) is 24.3 Å². The molecule has 0 bridgehead atoms. The molecule has 2 rings (SSSR count). The molecule has 0 unspecified atom stereocenters. The zero-order valence-electron chi connectivity index (χ0n) is 14.7. The Balaban J connectivity index is 0.000000477. The van der Waals surface area contributed by atoms with E-state index in [2.05, 4.69) is 10.7 Å². The Morgan fingerprint density at radius 1 is 0.586 bits per heavy atom. The molecule has 0 saturated carbocycles. The van der Waals surface area contributed by atoms with Gasteiger partial charge in [-0.05, 0) is 38.1 Å². The molecule has 0 fully saturated rings. The topological polar surface area (TPSA) is 0 Å². The number of hydrogen-bond donors (Lipinski definition) is 0. The van der Waals surface area contributed by atoms with Crippen LogP contribution in [0.1, 0.15) is 11.1 Å². The summed E-state index contributed by atoms with van der Waals surface area (Å²) in [4.78, 5) is -3.25. The zero-order valence-corrected chi connectivity index (χ0v) is 20.0. The van der Waals surface area contributed by atoms with Crippen molar-refractivity contribution in [3.8, 4) is 0 Å². The van der Waals surface area contributed by atoms with Gasteiger partial charge in [0.15, 0.2) is 0 Å². The monoisotopic (exact) mass is 554 g/mol. The Labute approximate surface area is 172 Å². The van der Waals surface area contributed by atoms with E-state index in [1.54, 1.807) is 6.92 Å². The van der Waals surface area contributed by atoms with Gasteiger partial charge in [-0.15, -0.1) is 15.5 Å². The number of halogens is 12. The Hall–Kier alpha value is -0.717. The van der Waals surface area contributed by atoms with Crippen LogP contribution in [-0.2, 0) is 18.1 Å². The summed E-state index contributed by atoms with van der Waals surface area (Å²) in [5.74, 6) is 0. The van der Waals surface area contributed by atoms with Crippen LogP contribution in [0, 0.1) is 13.8 Å². The second-order valence-corrected chi connectivity index (χ2v) is 12.8. The molecule has 0 atom stereocenters. The van der Waals surface area contributed by atoms with Gasteiger partial charge in [0, 0.05) is 10.7 Å². The van der Waals surface area contributed by atoms with E-state index in [0.29, 0.717) is 35.4 Å². The number of aryl methyl sites for hydroxylation is 2. The van der Waals surface area contributed by atoms with Crippen molar-refractivity contribution >= 4 is 30.0 Å². The van der Waals surface area contributed by atoms with E-state index in [1.807, 2.05) is 0 Å². The summed E-state index contributed by atoms with van der Waals surface area (Å²) in [7, 11) is -13.9. The molecule has 0 spiro atoms. The first-order valence-electron chi connectivity index (χ1n) is 7.13. The third-order valence-corrected chi connectivity index (χ3v) is 5.79. The zero-order chi connectivity index (χ0) is 23.5. The molecule has 0 nitrogen and oxygen atoms in total. The predicted molar refractivity (Wildman–Crippen MR) is 92.1 cm³/mol. The molecule has 0 aliphatic carbocycles. The van der Waals surface area contributed by atoms with Crippen LogP contribution in [0.4, 0.5) is 41.6 Å². The van der Waals surface area contributed by atoms with Gasteiger partial charge in [0.1, 0.15) is 4.90 Å². The normalized spacial score (nSPS) is 16.2. The predicted octanol–water partition coefficient (Wildman–Crippen LogP) is 10.4. The van der Waals surface area contributed by atoms with Gasteiger partial charge >= 0.3 is 35.0 Å². The van der Waals surface area contributed by atoms with Gasteiger partial charge in [-0.1, -0.05) is 54.8 Å². The van der Waals surface area contributed by atoms with Crippen LogP contribution in [-0.4, -0.2) is 0 Å². The third kappa shape index (κ3) is 11.3. The minimum atomic E-state index is -9.45. The van der Waals surface area contributed by atoms with E-state index in [4.69, 9.17) is 0 Å². The van der Waals surface area contributed by atoms with Crippen molar-refractivity contribution < 1.29 is 59.7 Å². The summed E-state index contributed by atoms with van der Waals surface area (Å²) in [6.07, 6.45) is 0. The summed E-state index contributed by atoms with van der Waals surface area (Å²) in [5, 5.41) is 0. The molecule has 168 valence electrons. The molecule has 15 heteroatoms. The molecule has 29 heavy (non-hydrogen) atoms. The summed E-state index contributed by atoms with van der Waals surface area (Å²) in [6, 6.07) is 6.42. The second-order valence-electron chi connectivity index (χ2n) is 5.67. The first-order valence-corrected chi connectivity index (χ1v) is 14.2. The van der Waals surface area contributed by atoms with E-state index in [-0.39, 0.29) is 0 Å². The summed E-state index contributed by atoms with van der Waals surface area (Å²) < 4.78 is 130. The maximum absolute atomic E-state index is 12.5. The molecule has 0 aliphatic heterocycles. The van der Waals surface area contributed by atoms with Crippen LogP contribution < -0.4 is 0 Å². The average Bonchev–Trinajstić information content (AvgIpc) is 2.44. The van der Waals surface area contributed by atoms with Crippen molar-refractivity contribution in [2.45, 2.75) is 23.6 Å². The first kappa shape index (κ1) is 28.3. The fraction of sp³-hybridized carbons (Fsp3) is 0.143. The first-order chi connectivity index (χ1) is 12.4. The quantitative estimate of drug-likeness (QED) is 0.255. The molecular formula is C14H14ClF11S2Zn. The molecule has 0 amide bonds. The third-order valence-electron chi connectivity index (χ3n) is 2.93. The van der Waals surface area contributed by atoms with Crippen LogP contribution in [0.15, 0.2) is 58.3 Å². The van der Waals surface area contributed by atoms with E-state index in [9.17, 15) is 41.6 Å². The summed E-state index contributed by atoms with van der Waals surface area (Å²) in [5.41, 5.74) is 1.12. The fourth-order valence-electron chi connectivity index (χ4n) is 1.59. The van der Waals surface area contributed by atoms with Gasteiger partial charge in [-0.2, -0.15) is 0 Å². The van der Waals surface area contributed by atoms with Crippen LogP contribution in [0.5, 0.6) is 0 Å². The number of benzene rings is 2. The van der Waals surface area contributed by atoms with E-state index in [1.165, 1.54) is 6.92 Å². The van der Waals surface area contributed by atoms with Crippen LogP contribution in [0.3, 0.4) is 0 Å². The van der Waals surface area contributed by atoms with Crippen molar-refractivity contribution in [2.24, 2.45) is 0 Å². The van der Waals surface area contributed by atoms with Crippen LogP contribution in [0.2, 0.25) is 0 Å². The molecule has 2 aromatic rings. The van der Waals surface area contributed by atoms with Gasteiger partial charge in [-0.3, -0.25) is 0 Å². The van der Waals surface area contributed by atoms with E-state index >= 15 is 0 Å². The average molecular weight is 556 g/mol. The van der Waals surface area contributed by atoms with Gasteiger partial charge in [0.2, 0.25) is 0 Å². The molecule has 0 aromatic heterocycles. The second kappa shape index (κ2) is 7.45. The van der Waals surface area contributed by atoms with Crippen molar-refractivity contribution in [3.05, 3.63) is 59.7 Å². The van der Waals surface area contributed by atoms with Gasteiger partial charge in [-0.25, -0.2) is 0 Å². The Morgan fingerprint density at radius 3 is 1.03 bits per heavy atom. The van der Waals surface area contributed by atoms with Gasteiger partial charge < -0.3 is 0 Å². The summed E-state index contributed by atoms with van der Waals surface area (Å²) >= 11 is -2.88. The minimum absolute atomic E-state index is 0.400. The molecule has 0 aliphatic rings. The molecule has 0 saturated heterocycles. The Bertz CT molecular complexity index is 744. The van der Waals surface area contributed by atoms with Crippen molar-refractivity contribution in [1.29, 1.82) is 0 Å². The van der Waals surface area contributed by atoms with Crippen molar-refractivity contribution in [1.82, 2.24) is 0 Å². The Morgan fingerprint density at radius 2 is 0.828 bits per heavy atom. The van der Waals surface area contributed by atoms with E-state index < -0.39 is 47.2 Å². The van der Waals surface area contributed by atoms with Crippen LogP contribution in [0.25, 0.3) is 0 Å². The van der Waals surface area contributed by atoms with Gasteiger partial charge in [0.25, 0.3) is 9.05 Å². The van der Waals surface area contributed by atoms with Crippen LogP contribution >= 0.6 is 30.0 Å². The molecule has 0 heterocycles. The number of rotatable bonds is 2. The summed E-state index contributed by atoms with van der Waals surface area (Å²) in [6.45, 7) is 3.13. The fourth-order valence-corrected chi connectivity index (χ4v) is 3.20.